The van der Waals surface area contributed by atoms with Gasteiger partial charge in [-0.3, -0.25) is 0 Å². The number of nitrogens with one attached hydrogen (secondary N) is 1. The molecule has 0 radical (unpaired) electrons. The van der Waals surface area contributed by atoms with Gasteiger partial charge in [-0.05, 0) is 36.8 Å². The number of benzene rings is 1. The molecule has 0 aromatic heterocycles. The number of rotatable bonds is 3. The van der Waals surface area contributed by atoms with Crippen molar-refractivity contribution in [2.75, 3.05) is 0 Å². The highest BCUT2D eigenvalue weighted by Crippen LogP contribution is 2.30. The van der Waals surface area contributed by atoms with Crippen molar-refractivity contribution >= 4 is 10.0 Å². The summed E-state index contributed by atoms with van der Waals surface area (Å²) in [4.78, 5) is 0.403. The highest BCUT2D eigenvalue weighted by atomic mass is 32.2. The molecule has 0 amide bonds. The number of hydrogen-bond donors (Lipinski definition) is 1. The van der Waals surface area contributed by atoms with Gasteiger partial charge in [-0.1, -0.05) is 44.9 Å². The van der Waals surface area contributed by atoms with E-state index in [0.29, 0.717) is 16.7 Å². The molecule has 19 heavy (non-hydrogen) atoms. The highest BCUT2D eigenvalue weighted by Gasteiger charge is 2.31. The smallest absolute Gasteiger partial charge is 0.208 e. The van der Waals surface area contributed by atoms with E-state index in [2.05, 4.69) is 18.6 Å². The first-order chi connectivity index (χ1) is 8.92. The van der Waals surface area contributed by atoms with E-state index in [1.54, 1.807) is 12.1 Å². The quantitative estimate of drug-likeness (QED) is 0.925. The number of aryl methyl sites for hydroxylation is 1. The second kappa shape index (κ2) is 5.63. The van der Waals surface area contributed by atoms with Crippen LogP contribution >= 0.6 is 0 Å². The molecule has 1 saturated carbocycles. The van der Waals surface area contributed by atoms with Crippen LogP contribution in [-0.2, 0) is 10.0 Å². The molecular weight excluding hydrogens is 258 g/mol. The minimum absolute atomic E-state index is 0.0633. The van der Waals surface area contributed by atoms with E-state index in [1.165, 1.54) is 6.42 Å². The summed E-state index contributed by atoms with van der Waals surface area (Å²) in [6.45, 7) is 6.19. The molecule has 0 heterocycles. The molecule has 1 aliphatic carbocycles. The van der Waals surface area contributed by atoms with Crippen LogP contribution in [0.1, 0.15) is 38.7 Å². The van der Waals surface area contributed by atoms with Gasteiger partial charge >= 0.3 is 0 Å². The monoisotopic (exact) mass is 281 g/mol. The fraction of sp³-hybridized carbons (Fsp3) is 0.600. The molecule has 3 unspecified atom stereocenters. The van der Waals surface area contributed by atoms with Gasteiger partial charge in [-0.2, -0.15) is 0 Å². The Kier molecular flexibility index (Phi) is 4.31. The van der Waals surface area contributed by atoms with E-state index in [-0.39, 0.29) is 6.04 Å². The third-order valence-corrected chi connectivity index (χ3v) is 6.05. The van der Waals surface area contributed by atoms with Crippen molar-refractivity contribution in [2.45, 2.75) is 51.0 Å². The Bertz CT molecular complexity index is 539. The third kappa shape index (κ3) is 3.18. The van der Waals surface area contributed by atoms with Crippen LogP contribution in [0.15, 0.2) is 29.2 Å². The summed E-state index contributed by atoms with van der Waals surface area (Å²) in [5.41, 5.74) is 0.798. The zero-order valence-electron chi connectivity index (χ0n) is 11.9. The van der Waals surface area contributed by atoms with Gasteiger partial charge in [0.05, 0.1) is 4.90 Å². The molecule has 0 saturated heterocycles. The summed E-state index contributed by atoms with van der Waals surface area (Å²) < 4.78 is 27.8. The van der Waals surface area contributed by atoms with Crippen LogP contribution in [0.25, 0.3) is 0 Å². The van der Waals surface area contributed by atoms with Crippen molar-refractivity contribution in [3.8, 4) is 0 Å². The molecule has 1 N–H and O–H groups in total. The molecule has 3 atom stereocenters. The fourth-order valence-electron chi connectivity index (χ4n) is 2.87. The number of hydrogen-bond acceptors (Lipinski definition) is 2. The molecule has 0 aliphatic heterocycles. The molecule has 106 valence electrons. The molecule has 1 fully saturated rings. The molecular formula is C15H23NO2S. The molecule has 1 aromatic carbocycles. The summed E-state index contributed by atoms with van der Waals surface area (Å²) in [7, 11) is -3.40. The molecule has 2 rings (SSSR count). The normalized spacial score (nSPS) is 28.3. The minimum Gasteiger partial charge on any atom is -0.208 e. The molecule has 1 aromatic rings. The first-order valence-electron chi connectivity index (χ1n) is 7.00. The lowest BCUT2D eigenvalue weighted by Crippen LogP contribution is -2.43. The Balaban J connectivity index is 2.20. The van der Waals surface area contributed by atoms with Gasteiger partial charge in [0, 0.05) is 6.04 Å². The Labute approximate surface area is 116 Å². The van der Waals surface area contributed by atoms with Crippen molar-refractivity contribution in [3.05, 3.63) is 29.8 Å². The van der Waals surface area contributed by atoms with Gasteiger partial charge in [-0.15, -0.1) is 0 Å². The van der Waals surface area contributed by atoms with Crippen LogP contribution in [-0.4, -0.2) is 14.5 Å². The van der Waals surface area contributed by atoms with Crippen molar-refractivity contribution in [3.63, 3.8) is 0 Å². The SMILES string of the molecule is Cc1ccccc1S(=O)(=O)NC1CCCC(C)C1C. The first-order valence-corrected chi connectivity index (χ1v) is 8.48. The number of sulfonamides is 1. The van der Waals surface area contributed by atoms with E-state index in [9.17, 15) is 8.42 Å². The molecule has 0 spiro atoms. The molecule has 0 bridgehead atoms. The van der Waals surface area contributed by atoms with Crippen LogP contribution in [0.5, 0.6) is 0 Å². The Morgan fingerprint density at radius 1 is 1.16 bits per heavy atom. The van der Waals surface area contributed by atoms with Gasteiger partial charge in [0.15, 0.2) is 0 Å². The zero-order chi connectivity index (χ0) is 14.0. The fourth-order valence-corrected chi connectivity index (χ4v) is 4.48. The maximum Gasteiger partial charge on any atom is 0.241 e. The van der Waals surface area contributed by atoms with E-state index >= 15 is 0 Å². The zero-order valence-corrected chi connectivity index (χ0v) is 12.7. The lowest BCUT2D eigenvalue weighted by molar-refractivity contribution is 0.227. The van der Waals surface area contributed by atoms with Gasteiger partial charge < -0.3 is 0 Å². The lowest BCUT2D eigenvalue weighted by atomic mass is 9.78. The minimum atomic E-state index is -3.40. The van der Waals surface area contributed by atoms with Gasteiger partial charge in [0.2, 0.25) is 10.0 Å². The standard InChI is InChI=1S/C15H23NO2S/c1-11-8-6-9-14(13(11)3)16-19(17,18)15-10-5-4-7-12(15)2/h4-5,7,10-11,13-14,16H,6,8-9H2,1-3H3. The summed E-state index contributed by atoms with van der Waals surface area (Å²) in [6, 6.07) is 7.21. The van der Waals surface area contributed by atoms with Crippen LogP contribution in [0.4, 0.5) is 0 Å². The summed E-state index contributed by atoms with van der Waals surface area (Å²) in [5.74, 6) is 0.978. The van der Waals surface area contributed by atoms with E-state index < -0.39 is 10.0 Å². The van der Waals surface area contributed by atoms with Crippen molar-refractivity contribution < 1.29 is 8.42 Å². The van der Waals surface area contributed by atoms with Crippen LogP contribution in [0.3, 0.4) is 0 Å². The van der Waals surface area contributed by atoms with E-state index in [0.717, 1.165) is 18.4 Å². The Morgan fingerprint density at radius 3 is 2.53 bits per heavy atom. The van der Waals surface area contributed by atoms with Gasteiger partial charge in [0.25, 0.3) is 0 Å². The first kappa shape index (κ1) is 14.5. The van der Waals surface area contributed by atoms with Crippen molar-refractivity contribution in [1.29, 1.82) is 0 Å². The summed E-state index contributed by atoms with van der Waals surface area (Å²) in [5, 5.41) is 0. The van der Waals surface area contributed by atoms with E-state index in [1.807, 2.05) is 19.1 Å². The largest absolute Gasteiger partial charge is 0.241 e. The maximum absolute atomic E-state index is 12.5. The summed E-state index contributed by atoms with van der Waals surface area (Å²) in [6.07, 6.45) is 3.24. The predicted molar refractivity (Wildman–Crippen MR) is 77.5 cm³/mol. The molecule has 3 nitrogen and oxygen atoms in total. The predicted octanol–water partition coefficient (Wildman–Crippen LogP) is 3.10. The van der Waals surface area contributed by atoms with Crippen LogP contribution in [0, 0.1) is 18.8 Å². The topological polar surface area (TPSA) is 46.2 Å². The van der Waals surface area contributed by atoms with Crippen LogP contribution < -0.4 is 4.72 Å². The van der Waals surface area contributed by atoms with E-state index in [4.69, 9.17) is 0 Å². The van der Waals surface area contributed by atoms with Gasteiger partial charge in [-0.25, -0.2) is 13.1 Å². The maximum atomic E-state index is 12.5. The average Bonchev–Trinajstić information content (AvgIpc) is 2.35. The van der Waals surface area contributed by atoms with Crippen molar-refractivity contribution in [2.24, 2.45) is 11.8 Å². The second-order valence-electron chi connectivity index (χ2n) is 5.76. The van der Waals surface area contributed by atoms with Crippen LogP contribution in [0.2, 0.25) is 0 Å². The Hall–Kier alpha value is -0.870. The highest BCUT2D eigenvalue weighted by molar-refractivity contribution is 7.89. The van der Waals surface area contributed by atoms with Crippen molar-refractivity contribution in [1.82, 2.24) is 4.72 Å². The summed E-state index contributed by atoms with van der Waals surface area (Å²) >= 11 is 0. The lowest BCUT2D eigenvalue weighted by Gasteiger charge is -2.34. The third-order valence-electron chi connectivity index (χ3n) is 4.40. The Morgan fingerprint density at radius 2 is 1.84 bits per heavy atom. The second-order valence-corrected chi connectivity index (χ2v) is 7.44. The molecule has 1 aliphatic rings. The van der Waals surface area contributed by atoms with Gasteiger partial charge in [0.1, 0.15) is 0 Å². The molecule has 4 heteroatoms. The average molecular weight is 281 g/mol.